The van der Waals surface area contributed by atoms with Crippen molar-refractivity contribution in [2.75, 3.05) is 26.3 Å². The highest BCUT2D eigenvalue weighted by molar-refractivity contribution is 5.86. The minimum atomic E-state index is -0.504. The number of fused-ring (bicyclic) bond motifs is 1. The molecule has 32 heavy (non-hydrogen) atoms. The summed E-state index contributed by atoms with van der Waals surface area (Å²) < 4.78 is 18.8. The number of nitrogens with one attached hydrogen (secondary N) is 1. The predicted octanol–water partition coefficient (Wildman–Crippen LogP) is 1.98. The van der Waals surface area contributed by atoms with Crippen LogP contribution in [0.2, 0.25) is 0 Å². The SMILES string of the molecule is O=C(C[C@H]1C/C=C\C[C@@H](Cc2ccc(F)cc2)C(=O)OC[C@@H]2CCCN2C1=O)NCCO. The fraction of sp³-hybridized carbons (Fsp3) is 0.542. The molecule has 0 bridgehead atoms. The summed E-state index contributed by atoms with van der Waals surface area (Å²) in [4.78, 5) is 39.9. The number of esters is 1. The lowest BCUT2D eigenvalue weighted by Gasteiger charge is -2.29. The number of aliphatic hydroxyl groups is 1. The third-order valence-electron chi connectivity index (χ3n) is 6.03. The molecule has 2 amide bonds. The summed E-state index contributed by atoms with van der Waals surface area (Å²) in [5.41, 5.74) is 0.852. The third kappa shape index (κ3) is 6.63. The average Bonchev–Trinajstić information content (AvgIpc) is 3.26. The summed E-state index contributed by atoms with van der Waals surface area (Å²) in [5, 5.41) is 11.5. The van der Waals surface area contributed by atoms with Crippen molar-refractivity contribution in [2.45, 2.75) is 44.6 Å². The topological polar surface area (TPSA) is 95.9 Å². The van der Waals surface area contributed by atoms with Crippen LogP contribution in [0.4, 0.5) is 4.39 Å². The molecule has 0 spiro atoms. The first-order valence-corrected chi connectivity index (χ1v) is 11.2. The van der Waals surface area contributed by atoms with Gasteiger partial charge in [-0.25, -0.2) is 4.39 Å². The number of rotatable bonds is 6. The maximum absolute atomic E-state index is 13.2. The van der Waals surface area contributed by atoms with Gasteiger partial charge in [0.2, 0.25) is 11.8 Å². The van der Waals surface area contributed by atoms with Gasteiger partial charge in [0, 0.05) is 19.5 Å². The molecule has 0 saturated carbocycles. The van der Waals surface area contributed by atoms with Crippen LogP contribution in [0.15, 0.2) is 36.4 Å². The Bertz CT molecular complexity index is 826. The molecular weight excluding hydrogens is 415 g/mol. The van der Waals surface area contributed by atoms with E-state index in [0.29, 0.717) is 25.8 Å². The van der Waals surface area contributed by atoms with Gasteiger partial charge < -0.3 is 20.1 Å². The van der Waals surface area contributed by atoms with Gasteiger partial charge in [0.05, 0.1) is 24.5 Å². The Balaban J connectivity index is 1.74. The minimum Gasteiger partial charge on any atom is -0.463 e. The molecule has 1 aromatic carbocycles. The Morgan fingerprint density at radius 2 is 1.88 bits per heavy atom. The summed E-state index contributed by atoms with van der Waals surface area (Å²) in [6.45, 7) is 0.721. The van der Waals surface area contributed by atoms with E-state index in [2.05, 4.69) is 5.32 Å². The molecule has 0 radical (unpaired) electrons. The second kappa shape index (κ2) is 11.8. The highest BCUT2D eigenvalue weighted by Crippen LogP contribution is 2.25. The first-order valence-electron chi connectivity index (χ1n) is 11.2. The fourth-order valence-electron chi connectivity index (χ4n) is 4.28. The van der Waals surface area contributed by atoms with Crippen molar-refractivity contribution in [1.82, 2.24) is 10.2 Å². The number of cyclic esters (lactones) is 1. The van der Waals surface area contributed by atoms with Crippen molar-refractivity contribution in [1.29, 1.82) is 0 Å². The van der Waals surface area contributed by atoms with E-state index in [4.69, 9.17) is 9.84 Å². The number of hydrogen-bond donors (Lipinski definition) is 2. The molecule has 2 aliphatic rings. The lowest BCUT2D eigenvalue weighted by molar-refractivity contribution is -0.152. The van der Waals surface area contributed by atoms with E-state index in [1.54, 1.807) is 17.0 Å². The first kappa shape index (κ1) is 23.9. The van der Waals surface area contributed by atoms with Crippen molar-refractivity contribution in [2.24, 2.45) is 11.8 Å². The number of aliphatic hydroxyl groups excluding tert-OH is 1. The van der Waals surface area contributed by atoms with E-state index in [1.165, 1.54) is 12.1 Å². The van der Waals surface area contributed by atoms with Crippen molar-refractivity contribution >= 4 is 17.8 Å². The van der Waals surface area contributed by atoms with Crippen LogP contribution in [0.5, 0.6) is 0 Å². The third-order valence-corrected chi connectivity index (χ3v) is 6.03. The van der Waals surface area contributed by atoms with Gasteiger partial charge in [-0.15, -0.1) is 0 Å². The number of halogens is 1. The van der Waals surface area contributed by atoms with Gasteiger partial charge >= 0.3 is 5.97 Å². The molecular formula is C24H31FN2O5. The Morgan fingerprint density at radius 3 is 2.59 bits per heavy atom. The highest BCUT2D eigenvalue weighted by Gasteiger charge is 2.35. The van der Waals surface area contributed by atoms with Crippen LogP contribution >= 0.6 is 0 Å². The lowest BCUT2D eigenvalue weighted by atomic mass is 9.94. The minimum absolute atomic E-state index is 0.0468. The van der Waals surface area contributed by atoms with Crippen molar-refractivity contribution in [3.8, 4) is 0 Å². The lowest BCUT2D eigenvalue weighted by Crippen LogP contribution is -2.43. The maximum Gasteiger partial charge on any atom is 0.309 e. The van der Waals surface area contributed by atoms with E-state index < -0.39 is 11.8 Å². The van der Waals surface area contributed by atoms with E-state index >= 15 is 0 Å². The predicted molar refractivity (Wildman–Crippen MR) is 116 cm³/mol. The van der Waals surface area contributed by atoms with Gasteiger partial charge in [0.1, 0.15) is 12.4 Å². The van der Waals surface area contributed by atoms with Gasteiger partial charge in [0.15, 0.2) is 0 Å². The first-order chi connectivity index (χ1) is 15.5. The summed E-state index contributed by atoms with van der Waals surface area (Å²) >= 11 is 0. The van der Waals surface area contributed by atoms with Crippen LogP contribution in [0.25, 0.3) is 0 Å². The van der Waals surface area contributed by atoms with Crippen LogP contribution in [-0.4, -0.2) is 60.1 Å². The molecule has 174 valence electrons. The number of nitrogens with zero attached hydrogens (tertiary/aromatic N) is 1. The highest BCUT2D eigenvalue weighted by atomic mass is 19.1. The van der Waals surface area contributed by atoms with Crippen LogP contribution in [0.1, 0.15) is 37.7 Å². The molecule has 2 N–H and O–H groups in total. The summed E-state index contributed by atoms with van der Waals surface area (Å²) in [5.74, 6) is -1.93. The van der Waals surface area contributed by atoms with Crippen molar-refractivity contribution < 1.29 is 28.6 Å². The molecule has 2 aliphatic heterocycles. The molecule has 0 aromatic heterocycles. The molecule has 1 fully saturated rings. The normalized spacial score (nSPS) is 25.3. The molecule has 8 heteroatoms. The molecule has 3 rings (SSSR count). The van der Waals surface area contributed by atoms with E-state index in [1.807, 2.05) is 12.2 Å². The second-order valence-electron chi connectivity index (χ2n) is 8.40. The average molecular weight is 447 g/mol. The number of carbonyl (C=O) groups is 3. The molecule has 1 saturated heterocycles. The van der Waals surface area contributed by atoms with E-state index in [0.717, 1.165) is 18.4 Å². The fourth-order valence-corrected chi connectivity index (χ4v) is 4.28. The summed E-state index contributed by atoms with van der Waals surface area (Å²) in [6.07, 6.45) is 6.58. The number of allylic oxidation sites excluding steroid dienone is 2. The zero-order chi connectivity index (χ0) is 22.9. The molecule has 3 atom stereocenters. The van der Waals surface area contributed by atoms with Crippen LogP contribution in [0, 0.1) is 17.7 Å². The van der Waals surface area contributed by atoms with E-state index in [-0.39, 0.29) is 55.8 Å². The molecule has 7 nitrogen and oxygen atoms in total. The molecule has 2 heterocycles. The quantitative estimate of drug-likeness (QED) is 0.515. The summed E-state index contributed by atoms with van der Waals surface area (Å²) in [7, 11) is 0. The number of amides is 2. The number of carbonyl (C=O) groups excluding carboxylic acids is 3. The van der Waals surface area contributed by atoms with Gasteiger partial charge in [-0.1, -0.05) is 24.3 Å². The zero-order valence-electron chi connectivity index (χ0n) is 18.2. The number of ether oxygens (including phenoxy) is 1. The second-order valence-corrected chi connectivity index (χ2v) is 8.40. The van der Waals surface area contributed by atoms with Gasteiger partial charge in [-0.05, 0) is 49.8 Å². The Labute approximate surface area is 187 Å². The number of benzene rings is 1. The van der Waals surface area contributed by atoms with Crippen LogP contribution in [0.3, 0.4) is 0 Å². The van der Waals surface area contributed by atoms with Gasteiger partial charge in [-0.3, -0.25) is 14.4 Å². The Kier molecular flexibility index (Phi) is 8.79. The molecule has 0 unspecified atom stereocenters. The number of hydrogen-bond acceptors (Lipinski definition) is 5. The van der Waals surface area contributed by atoms with Gasteiger partial charge in [-0.2, -0.15) is 0 Å². The van der Waals surface area contributed by atoms with Crippen LogP contribution in [-0.2, 0) is 25.5 Å². The monoisotopic (exact) mass is 446 g/mol. The molecule has 1 aromatic rings. The van der Waals surface area contributed by atoms with Crippen molar-refractivity contribution in [3.63, 3.8) is 0 Å². The smallest absolute Gasteiger partial charge is 0.309 e. The standard InChI is InChI=1S/C24H31FN2O5/c25-20-9-7-17(8-10-20)14-19-5-2-1-4-18(15-22(29)26-11-13-28)23(30)27-12-3-6-21(27)16-32-24(19)31/h1-2,7-10,18-19,21,28H,3-6,11-16H2,(H,26,29)/b2-1-/t18-,19+,21+/m1/s1. The van der Waals surface area contributed by atoms with Crippen molar-refractivity contribution in [3.05, 3.63) is 47.8 Å². The maximum atomic E-state index is 13.2. The van der Waals surface area contributed by atoms with Crippen LogP contribution < -0.4 is 5.32 Å². The Morgan fingerprint density at radius 1 is 1.16 bits per heavy atom. The zero-order valence-corrected chi connectivity index (χ0v) is 18.2. The van der Waals surface area contributed by atoms with E-state index in [9.17, 15) is 18.8 Å². The largest absolute Gasteiger partial charge is 0.463 e. The Hall–Kier alpha value is -2.74. The molecule has 0 aliphatic carbocycles. The van der Waals surface area contributed by atoms with Gasteiger partial charge in [0.25, 0.3) is 0 Å². The summed E-state index contributed by atoms with van der Waals surface area (Å²) in [6, 6.07) is 5.90.